The molecule has 0 bridgehead atoms. The molecule has 2 heterocycles. The first kappa shape index (κ1) is 11.8. The number of nitrogens with zero attached hydrogens (tertiary/aromatic N) is 3. The van der Waals surface area contributed by atoms with E-state index >= 15 is 0 Å². The molecule has 4 N–H and O–H groups in total. The Morgan fingerprint density at radius 1 is 1.00 bits per heavy atom. The average molecular weight is 259 g/mol. The lowest BCUT2D eigenvalue weighted by Crippen LogP contribution is -2.30. The Balaban J connectivity index is 1.87. The number of nitrogen functional groups attached to an aromatic ring is 2. The highest BCUT2D eigenvalue weighted by Gasteiger charge is 2.17. The van der Waals surface area contributed by atoms with Crippen LogP contribution >= 0.6 is 0 Å². The van der Waals surface area contributed by atoms with E-state index < -0.39 is 0 Å². The van der Waals surface area contributed by atoms with Gasteiger partial charge in [0.25, 0.3) is 11.8 Å². The van der Waals surface area contributed by atoms with Gasteiger partial charge < -0.3 is 20.9 Å². The number of hydrogen-bond acceptors (Lipinski definition) is 6. The number of benzene rings is 1. The molecule has 6 nitrogen and oxygen atoms in total. The molecule has 2 aromatic rings. The van der Waals surface area contributed by atoms with Crippen molar-refractivity contribution in [1.29, 1.82) is 0 Å². The van der Waals surface area contributed by atoms with Crippen LogP contribution in [0.2, 0.25) is 0 Å². The zero-order chi connectivity index (χ0) is 13.2. The SMILES string of the molecule is Nc1cc(N)cc(-c2nc(N3CCCCC3)no2)c1. The number of hydrogen-bond donors (Lipinski definition) is 2. The third kappa shape index (κ3) is 2.47. The van der Waals surface area contributed by atoms with E-state index in [2.05, 4.69) is 15.0 Å². The van der Waals surface area contributed by atoms with Crippen molar-refractivity contribution >= 4 is 17.3 Å². The Hall–Kier alpha value is -2.24. The van der Waals surface area contributed by atoms with Gasteiger partial charge in [-0.25, -0.2) is 0 Å². The molecule has 1 aliphatic heterocycles. The van der Waals surface area contributed by atoms with Gasteiger partial charge in [-0.15, -0.1) is 0 Å². The maximum Gasteiger partial charge on any atom is 0.266 e. The van der Waals surface area contributed by atoms with Crippen LogP contribution in [-0.4, -0.2) is 23.2 Å². The highest BCUT2D eigenvalue weighted by atomic mass is 16.5. The third-order valence-corrected chi connectivity index (χ3v) is 3.28. The fourth-order valence-corrected chi connectivity index (χ4v) is 2.36. The summed E-state index contributed by atoms with van der Waals surface area (Å²) in [6, 6.07) is 5.26. The largest absolute Gasteiger partial charge is 0.399 e. The van der Waals surface area contributed by atoms with Gasteiger partial charge in [0.15, 0.2) is 0 Å². The van der Waals surface area contributed by atoms with E-state index in [1.54, 1.807) is 18.2 Å². The van der Waals surface area contributed by atoms with Gasteiger partial charge in [-0.1, -0.05) is 0 Å². The molecule has 0 saturated carbocycles. The highest BCUT2D eigenvalue weighted by molar-refractivity contribution is 5.67. The van der Waals surface area contributed by atoms with Crippen molar-refractivity contribution < 1.29 is 4.52 Å². The smallest absolute Gasteiger partial charge is 0.266 e. The fraction of sp³-hybridized carbons (Fsp3) is 0.385. The van der Waals surface area contributed by atoms with Crippen molar-refractivity contribution in [2.24, 2.45) is 0 Å². The first-order valence-corrected chi connectivity index (χ1v) is 6.47. The van der Waals surface area contributed by atoms with Crippen molar-refractivity contribution in [3.63, 3.8) is 0 Å². The third-order valence-electron chi connectivity index (χ3n) is 3.28. The van der Waals surface area contributed by atoms with E-state index in [4.69, 9.17) is 16.0 Å². The molecule has 0 aliphatic carbocycles. The van der Waals surface area contributed by atoms with Crippen LogP contribution in [0.25, 0.3) is 11.5 Å². The molecule has 0 atom stereocenters. The van der Waals surface area contributed by atoms with E-state index in [1.807, 2.05) is 0 Å². The summed E-state index contributed by atoms with van der Waals surface area (Å²) in [6.07, 6.45) is 3.62. The predicted molar refractivity (Wildman–Crippen MR) is 74.6 cm³/mol. The lowest BCUT2D eigenvalue weighted by Gasteiger charge is -2.24. The minimum absolute atomic E-state index is 0.458. The number of anilines is 3. The lowest BCUT2D eigenvalue weighted by molar-refractivity contribution is 0.426. The first-order valence-electron chi connectivity index (χ1n) is 6.47. The maximum absolute atomic E-state index is 5.77. The molecule has 1 fully saturated rings. The van der Waals surface area contributed by atoms with Gasteiger partial charge in [0, 0.05) is 30.0 Å². The average Bonchev–Trinajstić information content (AvgIpc) is 2.88. The molecule has 1 aromatic carbocycles. The molecule has 6 heteroatoms. The summed E-state index contributed by atoms with van der Waals surface area (Å²) in [5.74, 6) is 1.11. The number of rotatable bonds is 2. The highest BCUT2D eigenvalue weighted by Crippen LogP contribution is 2.25. The number of nitrogens with two attached hydrogens (primary N) is 2. The second-order valence-electron chi connectivity index (χ2n) is 4.84. The van der Waals surface area contributed by atoms with E-state index in [-0.39, 0.29) is 0 Å². The van der Waals surface area contributed by atoms with Crippen molar-refractivity contribution in [2.45, 2.75) is 19.3 Å². The van der Waals surface area contributed by atoms with Crippen LogP contribution < -0.4 is 16.4 Å². The normalized spacial score (nSPS) is 15.7. The Kier molecular flexibility index (Phi) is 2.98. The monoisotopic (exact) mass is 259 g/mol. The van der Waals surface area contributed by atoms with Gasteiger partial charge in [-0.2, -0.15) is 4.98 Å². The fourth-order valence-electron chi connectivity index (χ4n) is 2.36. The van der Waals surface area contributed by atoms with Crippen LogP contribution in [0.3, 0.4) is 0 Å². The molecule has 0 radical (unpaired) electrons. The maximum atomic E-state index is 5.77. The molecule has 1 saturated heterocycles. The second kappa shape index (κ2) is 4.79. The predicted octanol–water partition coefficient (Wildman–Crippen LogP) is 1.89. The minimum atomic E-state index is 0.458. The quantitative estimate of drug-likeness (QED) is 0.800. The molecule has 1 aliphatic rings. The van der Waals surface area contributed by atoms with Gasteiger partial charge in [0.05, 0.1) is 0 Å². The van der Waals surface area contributed by atoms with Crippen LogP contribution in [-0.2, 0) is 0 Å². The van der Waals surface area contributed by atoms with Crippen LogP contribution in [0, 0.1) is 0 Å². The minimum Gasteiger partial charge on any atom is -0.399 e. The van der Waals surface area contributed by atoms with Crippen molar-refractivity contribution in [1.82, 2.24) is 10.1 Å². The van der Waals surface area contributed by atoms with E-state index in [9.17, 15) is 0 Å². The van der Waals surface area contributed by atoms with Crippen LogP contribution in [0.1, 0.15) is 19.3 Å². The zero-order valence-electron chi connectivity index (χ0n) is 10.7. The molecular weight excluding hydrogens is 242 g/mol. The van der Waals surface area contributed by atoms with E-state index in [1.165, 1.54) is 19.3 Å². The van der Waals surface area contributed by atoms with Crippen LogP contribution in [0.4, 0.5) is 17.3 Å². The topological polar surface area (TPSA) is 94.2 Å². The molecule has 0 unspecified atom stereocenters. The van der Waals surface area contributed by atoms with Crippen molar-refractivity contribution in [3.8, 4) is 11.5 Å². The molecule has 100 valence electrons. The zero-order valence-corrected chi connectivity index (χ0v) is 10.7. The Labute approximate surface area is 111 Å². The number of piperidine rings is 1. The molecule has 1 aromatic heterocycles. The molecular formula is C13H17N5O. The Bertz CT molecular complexity index is 554. The molecule has 19 heavy (non-hydrogen) atoms. The van der Waals surface area contributed by atoms with Gasteiger partial charge in [0.2, 0.25) is 0 Å². The Morgan fingerprint density at radius 2 is 1.68 bits per heavy atom. The second-order valence-corrected chi connectivity index (χ2v) is 4.84. The Morgan fingerprint density at radius 3 is 2.37 bits per heavy atom. The van der Waals surface area contributed by atoms with Gasteiger partial charge >= 0.3 is 0 Å². The van der Waals surface area contributed by atoms with Crippen LogP contribution in [0.5, 0.6) is 0 Å². The standard InChI is InChI=1S/C13H17N5O/c14-10-6-9(7-11(15)8-10)12-16-13(17-19-12)18-4-2-1-3-5-18/h6-8H,1-5,14-15H2. The van der Waals surface area contributed by atoms with Gasteiger partial charge in [-0.05, 0) is 42.6 Å². The van der Waals surface area contributed by atoms with E-state index in [0.29, 0.717) is 23.2 Å². The summed E-state index contributed by atoms with van der Waals surface area (Å²) in [7, 11) is 0. The van der Waals surface area contributed by atoms with Gasteiger partial charge in [0.1, 0.15) is 0 Å². The summed E-state index contributed by atoms with van der Waals surface area (Å²) in [5, 5.41) is 4.03. The lowest BCUT2D eigenvalue weighted by atomic mass is 10.1. The van der Waals surface area contributed by atoms with Crippen molar-refractivity contribution in [3.05, 3.63) is 18.2 Å². The summed E-state index contributed by atoms with van der Waals surface area (Å²) >= 11 is 0. The summed E-state index contributed by atoms with van der Waals surface area (Å²) in [6.45, 7) is 1.97. The number of aromatic nitrogens is 2. The summed E-state index contributed by atoms with van der Waals surface area (Å²) < 4.78 is 5.30. The molecule has 0 spiro atoms. The molecule has 3 rings (SSSR count). The van der Waals surface area contributed by atoms with Gasteiger partial charge in [-0.3, -0.25) is 0 Å². The first-order chi connectivity index (χ1) is 9.22. The summed E-state index contributed by atoms with van der Waals surface area (Å²) in [4.78, 5) is 6.57. The summed E-state index contributed by atoms with van der Waals surface area (Å²) in [5.41, 5.74) is 13.5. The van der Waals surface area contributed by atoms with Crippen LogP contribution in [0.15, 0.2) is 22.7 Å². The van der Waals surface area contributed by atoms with Crippen molar-refractivity contribution in [2.75, 3.05) is 29.5 Å². The van der Waals surface area contributed by atoms with E-state index in [0.717, 1.165) is 18.7 Å². The molecule has 0 amide bonds.